The summed E-state index contributed by atoms with van der Waals surface area (Å²) in [5.41, 5.74) is 3.06. The topological polar surface area (TPSA) is 75.8 Å². The van der Waals surface area contributed by atoms with Crippen LogP contribution in [0.25, 0.3) is 0 Å². The van der Waals surface area contributed by atoms with Gasteiger partial charge in [0.05, 0.1) is 24.2 Å². The lowest BCUT2D eigenvalue weighted by molar-refractivity contribution is -0.385. The van der Waals surface area contributed by atoms with Crippen LogP contribution in [-0.2, 0) is 24.3 Å². The van der Waals surface area contributed by atoms with Crippen molar-refractivity contribution in [3.05, 3.63) is 75.3 Å². The number of aliphatic hydroxyl groups is 1. The van der Waals surface area contributed by atoms with Gasteiger partial charge in [-0.05, 0) is 17.5 Å². The fourth-order valence-corrected chi connectivity index (χ4v) is 3.21. The third-order valence-corrected chi connectivity index (χ3v) is 4.41. The van der Waals surface area contributed by atoms with Crippen molar-refractivity contribution in [2.24, 2.45) is 0 Å². The minimum atomic E-state index is -0.580. The molecule has 1 unspecified atom stereocenters. The van der Waals surface area contributed by atoms with Gasteiger partial charge in [0.1, 0.15) is 0 Å². The molecule has 2 aromatic rings. The van der Waals surface area contributed by atoms with Crippen LogP contribution in [-0.4, -0.2) is 40.7 Å². The Morgan fingerprint density at radius 2 is 2.00 bits per heavy atom. The van der Waals surface area contributed by atoms with Crippen LogP contribution in [0, 0.1) is 10.1 Å². The number of nitro groups is 1. The molecule has 6 heteroatoms. The SMILES string of the molecule is O=[N+]([O-])c1cccc2c1CCN(CC(O)COCc1ccccc1)C2. The smallest absolute Gasteiger partial charge is 0.272 e. The molecule has 0 fully saturated rings. The predicted octanol–water partition coefficient (Wildman–Crippen LogP) is 2.53. The zero-order valence-corrected chi connectivity index (χ0v) is 14.0. The van der Waals surface area contributed by atoms with Crippen LogP contribution in [0.1, 0.15) is 16.7 Å². The molecule has 1 aliphatic rings. The highest BCUT2D eigenvalue weighted by Gasteiger charge is 2.24. The summed E-state index contributed by atoms with van der Waals surface area (Å²) in [7, 11) is 0. The first-order chi connectivity index (χ1) is 12.1. The van der Waals surface area contributed by atoms with Crippen LogP contribution < -0.4 is 0 Å². The van der Waals surface area contributed by atoms with Gasteiger partial charge >= 0.3 is 0 Å². The number of hydrogen-bond donors (Lipinski definition) is 1. The summed E-state index contributed by atoms with van der Waals surface area (Å²) in [4.78, 5) is 12.9. The highest BCUT2D eigenvalue weighted by Crippen LogP contribution is 2.27. The molecule has 25 heavy (non-hydrogen) atoms. The molecule has 2 aromatic carbocycles. The van der Waals surface area contributed by atoms with E-state index in [1.54, 1.807) is 12.1 Å². The van der Waals surface area contributed by atoms with Gasteiger partial charge in [-0.1, -0.05) is 42.5 Å². The predicted molar refractivity (Wildman–Crippen MR) is 94.2 cm³/mol. The molecule has 3 rings (SSSR count). The molecule has 1 aliphatic heterocycles. The summed E-state index contributed by atoms with van der Waals surface area (Å²) in [5, 5.41) is 21.3. The highest BCUT2D eigenvalue weighted by atomic mass is 16.6. The minimum Gasteiger partial charge on any atom is -0.389 e. The van der Waals surface area contributed by atoms with Crippen molar-refractivity contribution in [1.82, 2.24) is 4.90 Å². The second kappa shape index (κ2) is 8.20. The number of ether oxygens (including phenoxy) is 1. The van der Waals surface area contributed by atoms with E-state index in [2.05, 4.69) is 4.90 Å². The quantitative estimate of drug-likeness (QED) is 0.618. The number of β-amino-alcohol motifs (C(OH)–C–C–N with tert-alkyl or cyclic N) is 1. The number of hydrogen-bond acceptors (Lipinski definition) is 5. The third-order valence-electron chi connectivity index (χ3n) is 4.41. The van der Waals surface area contributed by atoms with Gasteiger partial charge in [0, 0.05) is 31.3 Å². The Morgan fingerprint density at radius 1 is 1.20 bits per heavy atom. The number of aliphatic hydroxyl groups excluding tert-OH is 1. The molecule has 1 atom stereocenters. The van der Waals surface area contributed by atoms with Crippen molar-refractivity contribution < 1.29 is 14.8 Å². The number of nitro benzene ring substituents is 1. The van der Waals surface area contributed by atoms with Gasteiger partial charge in [0.25, 0.3) is 5.69 Å². The van der Waals surface area contributed by atoms with Crippen LogP contribution in [0.2, 0.25) is 0 Å². The summed E-state index contributed by atoms with van der Waals surface area (Å²) in [6.07, 6.45) is 0.0494. The zero-order valence-electron chi connectivity index (χ0n) is 14.0. The average Bonchev–Trinajstić information content (AvgIpc) is 2.61. The molecule has 0 saturated heterocycles. The summed E-state index contributed by atoms with van der Waals surface area (Å²) in [6, 6.07) is 15.0. The van der Waals surface area contributed by atoms with Crippen LogP contribution in [0.3, 0.4) is 0 Å². The van der Waals surface area contributed by atoms with E-state index in [9.17, 15) is 15.2 Å². The van der Waals surface area contributed by atoms with Gasteiger partial charge in [-0.2, -0.15) is 0 Å². The Morgan fingerprint density at radius 3 is 2.76 bits per heavy atom. The maximum Gasteiger partial charge on any atom is 0.272 e. The average molecular weight is 342 g/mol. The second-order valence-corrected chi connectivity index (χ2v) is 6.31. The van der Waals surface area contributed by atoms with Crippen LogP contribution in [0.5, 0.6) is 0 Å². The first kappa shape index (κ1) is 17.5. The largest absolute Gasteiger partial charge is 0.389 e. The summed E-state index contributed by atoms with van der Waals surface area (Å²) in [5.74, 6) is 0. The molecule has 0 aromatic heterocycles. The van der Waals surface area contributed by atoms with E-state index in [4.69, 9.17) is 4.74 Å². The lowest BCUT2D eigenvalue weighted by Gasteiger charge is -2.30. The van der Waals surface area contributed by atoms with Gasteiger partial charge in [-0.15, -0.1) is 0 Å². The first-order valence-corrected chi connectivity index (χ1v) is 8.40. The van der Waals surface area contributed by atoms with Gasteiger partial charge in [-0.3, -0.25) is 15.0 Å². The Bertz CT molecular complexity index is 721. The molecule has 6 nitrogen and oxygen atoms in total. The lowest BCUT2D eigenvalue weighted by Crippen LogP contribution is -2.38. The first-order valence-electron chi connectivity index (χ1n) is 8.40. The van der Waals surface area contributed by atoms with E-state index in [0.717, 1.165) is 16.7 Å². The maximum absolute atomic E-state index is 11.1. The zero-order chi connectivity index (χ0) is 17.6. The van der Waals surface area contributed by atoms with Crippen LogP contribution in [0.15, 0.2) is 48.5 Å². The van der Waals surface area contributed by atoms with E-state index in [1.165, 1.54) is 0 Å². The molecule has 0 spiro atoms. The third kappa shape index (κ3) is 4.63. The van der Waals surface area contributed by atoms with E-state index in [0.29, 0.717) is 32.7 Å². The highest BCUT2D eigenvalue weighted by molar-refractivity contribution is 5.46. The van der Waals surface area contributed by atoms with Crippen molar-refractivity contribution >= 4 is 5.69 Å². The Kier molecular flexibility index (Phi) is 5.75. The molecule has 0 bridgehead atoms. The Balaban J connectivity index is 1.49. The second-order valence-electron chi connectivity index (χ2n) is 6.31. The standard InChI is InChI=1S/C19H22N2O4/c22-17(14-25-13-15-5-2-1-3-6-15)12-20-10-9-18-16(11-20)7-4-8-19(18)21(23)24/h1-8,17,22H,9-14H2. The molecular formula is C19H22N2O4. The lowest BCUT2D eigenvalue weighted by atomic mass is 9.97. The monoisotopic (exact) mass is 342 g/mol. The van der Waals surface area contributed by atoms with Gasteiger partial charge in [-0.25, -0.2) is 0 Å². The molecule has 0 aliphatic carbocycles. The normalized spacial score (nSPS) is 15.6. The van der Waals surface area contributed by atoms with Crippen molar-refractivity contribution in [2.75, 3.05) is 19.7 Å². The molecule has 0 amide bonds. The van der Waals surface area contributed by atoms with Crippen LogP contribution in [0.4, 0.5) is 5.69 Å². The minimum absolute atomic E-state index is 0.198. The fourth-order valence-electron chi connectivity index (χ4n) is 3.21. The number of rotatable bonds is 7. The molecule has 132 valence electrons. The van der Waals surface area contributed by atoms with Crippen LogP contribution >= 0.6 is 0 Å². The van der Waals surface area contributed by atoms with Crippen molar-refractivity contribution in [2.45, 2.75) is 25.7 Å². The molecule has 1 N–H and O–H groups in total. The van der Waals surface area contributed by atoms with Crippen molar-refractivity contribution in [3.63, 3.8) is 0 Å². The summed E-state index contributed by atoms with van der Waals surface area (Å²) in [6.45, 7) is 2.57. The maximum atomic E-state index is 11.1. The van der Waals surface area contributed by atoms with Gasteiger partial charge in [0.2, 0.25) is 0 Å². The summed E-state index contributed by atoms with van der Waals surface area (Å²) >= 11 is 0. The van der Waals surface area contributed by atoms with E-state index >= 15 is 0 Å². The molecular weight excluding hydrogens is 320 g/mol. The number of fused-ring (bicyclic) bond motifs is 1. The van der Waals surface area contributed by atoms with Gasteiger partial charge < -0.3 is 9.84 Å². The molecule has 0 radical (unpaired) electrons. The molecule has 1 heterocycles. The van der Waals surface area contributed by atoms with E-state index in [1.807, 2.05) is 36.4 Å². The Labute approximate surface area is 146 Å². The Hall–Kier alpha value is -2.28. The van der Waals surface area contributed by atoms with E-state index < -0.39 is 6.10 Å². The number of benzene rings is 2. The van der Waals surface area contributed by atoms with E-state index in [-0.39, 0.29) is 17.2 Å². The van der Waals surface area contributed by atoms with Gasteiger partial charge in [0.15, 0.2) is 0 Å². The number of nitrogens with zero attached hydrogens (tertiary/aromatic N) is 2. The van der Waals surface area contributed by atoms with Crippen molar-refractivity contribution in [3.8, 4) is 0 Å². The van der Waals surface area contributed by atoms with Crippen molar-refractivity contribution in [1.29, 1.82) is 0 Å². The fraction of sp³-hybridized carbons (Fsp3) is 0.368. The molecule has 0 saturated carbocycles. The summed E-state index contributed by atoms with van der Waals surface area (Å²) < 4.78 is 5.58.